The maximum Gasteiger partial charge on any atom is 0.426 e. The summed E-state index contributed by atoms with van der Waals surface area (Å²) in [6, 6.07) is 20.7. The van der Waals surface area contributed by atoms with Crippen LogP contribution in [-0.2, 0) is 30.4 Å². The van der Waals surface area contributed by atoms with Gasteiger partial charge in [0.25, 0.3) is 0 Å². The molecule has 0 fully saturated rings. The zero-order valence-corrected chi connectivity index (χ0v) is 30.8. The third-order valence-corrected chi connectivity index (χ3v) is 12.4. The quantitative estimate of drug-likeness (QED) is 0.0918. The minimum atomic E-state index is -4.91. The summed E-state index contributed by atoms with van der Waals surface area (Å²) in [7, 11) is -14.7. The summed E-state index contributed by atoms with van der Waals surface area (Å²) in [6.07, 6.45) is 0. The molecular weight excluding hydrogens is 805 g/mol. The van der Waals surface area contributed by atoms with Crippen LogP contribution in [0.5, 0.6) is 34.5 Å². The van der Waals surface area contributed by atoms with Crippen molar-refractivity contribution < 1.29 is 53.1 Å². The Morgan fingerprint density at radius 1 is 0.386 bits per heavy atom. The lowest BCUT2D eigenvalue weighted by atomic mass is 10.1. The molecule has 7 aromatic carbocycles. The Morgan fingerprint density at radius 3 is 0.895 bits per heavy atom. The van der Waals surface area contributed by atoms with Crippen molar-refractivity contribution >= 4 is 79.7 Å². The summed E-state index contributed by atoms with van der Waals surface area (Å²) in [6.45, 7) is 0. The van der Waals surface area contributed by atoms with Gasteiger partial charge >= 0.3 is 47.4 Å². The standard InChI is InChI=1S/C36H18N6O12S3/c37-40-28-13-10-22-25(34(28)43)4-1-7-31(22)55(46,47)52-19-16-20(53-56(48,49)32-8-2-5-26-23(32)11-14-29(41-38)35(26)44)18-21(17-19)54-57(50,51)33-9-3-6-27-24(33)12-15-30(42-39)36(27)45/h1-18H/p+3. The predicted molar refractivity (Wildman–Crippen MR) is 201 cm³/mol. The van der Waals surface area contributed by atoms with Crippen LogP contribution in [0.1, 0.15) is 0 Å². The van der Waals surface area contributed by atoms with Crippen LogP contribution in [0.4, 0.5) is 17.1 Å². The topological polar surface area (TPSA) is 275 Å². The van der Waals surface area contributed by atoms with E-state index in [0.717, 1.165) is 54.6 Å². The van der Waals surface area contributed by atoms with Crippen LogP contribution in [0.25, 0.3) is 47.2 Å². The first-order valence-corrected chi connectivity index (χ1v) is 20.1. The smallest absolute Gasteiger partial charge is 0.426 e. The van der Waals surface area contributed by atoms with Gasteiger partial charge < -0.3 is 27.9 Å². The van der Waals surface area contributed by atoms with E-state index in [2.05, 4.69) is 14.9 Å². The fraction of sp³-hybridized carbons (Fsp3) is 0. The second kappa shape index (κ2) is 13.8. The molecule has 0 atom stereocenters. The van der Waals surface area contributed by atoms with Crippen LogP contribution in [-0.4, -0.2) is 40.6 Å². The lowest BCUT2D eigenvalue weighted by Crippen LogP contribution is -2.14. The minimum absolute atomic E-state index is 0.0462. The number of aromatic hydroxyl groups is 3. The SMILES string of the molecule is N#[N+]c1ccc2c(S(=O)(=O)Oc3cc(OS(=O)(=O)c4cccc5c(O)c([N+]#N)ccc45)cc(OS(=O)(=O)c4cccc5c(O)c([N+]#N)ccc45)c3)cccc2c1O. The van der Waals surface area contributed by atoms with Gasteiger partial charge in [-0.05, 0) is 36.4 Å². The van der Waals surface area contributed by atoms with Crippen molar-refractivity contribution in [2.45, 2.75) is 14.7 Å². The van der Waals surface area contributed by atoms with Crippen molar-refractivity contribution in [1.82, 2.24) is 0 Å². The number of nitrogens with zero attached hydrogens (tertiary/aromatic N) is 6. The van der Waals surface area contributed by atoms with Crippen LogP contribution >= 0.6 is 0 Å². The first-order valence-electron chi connectivity index (χ1n) is 15.9. The molecule has 0 aliphatic rings. The first-order chi connectivity index (χ1) is 27.1. The van der Waals surface area contributed by atoms with Gasteiger partial charge in [0.15, 0.2) is 14.9 Å². The van der Waals surface area contributed by atoms with E-state index >= 15 is 0 Å². The second-order valence-corrected chi connectivity index (χ2v) is 16.5. The van der Waals surface area contributed by atoms with Crippen molar-refractivity contribution in [2.75, 3.05) is 0 Å². The summed E-state index contributed by atoms with van der Waals surface area (Å²) in [5.41, 5.74) is -0.785. The molecule has 57 heavy (non-hydrogen) atoms. The van der Waals surface area contributed by atoms with Gasteiger partial charge in [-0.25, -0.2) is 0 Å². The van der Waals surface area contributed by atoms with Gasteiger partial charge in [-0.15, -0.1) is 0 Å². The summed E-state index contributed by atoms with van der Waals surface area (Å²) >= 11 is 0. The van der Waals surface area contributed by atoms with Crippen LogP contribution in [0, 0.1) is 16.2 Å². The van der Waals surface area contributed by atoms with E-state index in [1.165, 1.54) is 54.6 Å². The lowest BCUT2D eigenvalue weighted by Gasteiger charge is -2.15. The van der Waals surface area contributed by atoms with E-state index in [0.29, 0.717) is 0 Å². The van der Waals surface area contributed by atoms with Gasteiger partial charge in [-0.3, -0.25) is 0 Å². The molecule has 0 saturated heterocycles. The highest BCUT2D eigenvalue weighted by atomic mass is 32.2. The third kappa shape index (κ3) is 6.68. The summed E-state index contributed by atoms with van der Waals surface area (Å²) in [5, 5.41) is 58.8. The number of benzene rings is 7. The first kappa shape index (κ1) is 37.5. The number of fused-ring (bicyclic) bond motifs is 3. The average Bonchev–Trinajstić information content (AvgIpc) is 3.17. The molecule has 0 heterocycles. The molecule has 0 saturated carbocycles. The Balaban J connectivity index is 1.35. The van der Waals surface area contributed by atoms with Gasteiger partial charge in [0.1, 0.15) is 31.9 Å². The predicted octanol–water partition coefficient (Wildman–Crippen LogP) is 8.02. The molecule has 282 valence electrons. The normalized spacial score (nSPS) is 11.7. The Labute approximate surface area is 321 Å². The van der Waals surface area contributed by atoms with E-state index in [1.807, 2.05) is 0 Å². The number of hydrogen-bond acceptors (Lipinski definition) is 15. The molecule has 0 unspecified atom stereocenters. The van der Waals surface area contributed by atoms with Gasteiger partial charge in [0.05, 0.1) is 0 Å². The number of hydrogen-bond donors (Lipinski definition) is 3. The summed E-state index contributed by atoms with van der Waals surface area (Å²) in [4.78, 5) is 7.31. The van der Waals surface area contributed by atoms with E-state index < -0.39 is 79.5 Å². The van der Waals surface area contributed by atoms with E-state index in [-0.39, 0.29) is 49.4 Å². The molecule has 7 rings (SSSR count). The molecular formula is C36H21N6O12S3+3. The highest BCUT2D eigenvalue weighted by Crippen LogP contribution is 2.42. The average molecular weight is 826 g/mol. The summed E-state index contributed by atoms with van der Waals surface area (Å²) < 4.78 is 98.8. The number of phenols is 3. The Morgan fingerprint density at radius 2 is 0.649 bits per heavy atom. The molecule has 18 nitrogen and oxygen atoms in total. The van der Waals surface area contributed by atoms with Crippen molar-refractivity contribution in [3.8, 4) is 34.5 Å². The molecule has 0 aliphatic heterocycles. The highest BCUT2D eigenvalue weighted by Gasteiger charge is 2.29. The van der Waals surface area contributed by atoms with Gasteiger partial charge in [-0.2, -0.15) is 25.3 Å². The van der Waals surface area contributed by atoms with E-state index in [4.69, 9.17) is 12.5 Å². The largest absolute Gasteiger partial charge is 0.501 e. The Bertz CT molecular complexity index is 2990. The number of diazo groups is 3. The van der Waals surface area contributed by atoms with Crippen LogP contribution in [0.15, 0.2) is 124 Å². The van der Waals surface area contributed by atoms with Gasteiger partial charge in [-0.1, -0.05) is 36.4 Å². The van der Waals surface area contributed by atoms with Crippen LogP contribution in [0.3, 0.4) is 0 Å². The minimum Gasteiger partial charge on any atom is -0.501 e. The fourth-order valence-corrected chi connectivity index (χ4v) is 9.40. The van der Waals surface area contributed by atoms with Gasteiger partial charge in [0.2, 0.25) is 33.4 Å². The molecule has 0 aromatic heterocycles. The maximum atomic E-state index is 13.8. The molecule has 21 heteroatoms. The zero-order valence-electron chi connectivity index (χ0n) is 28.3. The van der Waals surface area contributed by atoms with Crippen molar-refractivity contribution in [3.05, 3.63) is 124 Å². The van der Waals surface area contributed by atoms with E-state index in [9.17, 15) is 56.8 Å². The van der Waals surface area contributed by atoms with E-state index in [1.54, 1.807) is 0 Å². The lowest BCUT2D eigenvalue weighted by molar-refractivity contribution is 0.467. The molecule has 0 spiro atoms. The number of rotatable bonds is 9. The fourth-order valence-electron chi connectivity index (χ4n) is 6.01. The maximum absolute atomic E-state index is 13.8. The molecule has 0 bridgehead atoms. The van der Waals surface area contributed by atoms with Gasteiger partial charge in [0, 0.05) is 68.7 Å². The molecule has 0 amide bonds. The van der Waals surface area contributed by atoms with Crippen LogP contribution in [0.2, 0.25) is 0 Å². The molecule has 0 aliphatic carbocycles. The molecule has 3 N–H and O–H groups in total. The highest BCUT2D eigenvalue weighted by molar-refractivity contribution is 7.88. The Hall–Kier alpha value is -7.77. The van der Waals surface area contributed by atoms with Crippen LogP contribution < -0.4 is 12.5 Å². The molecule has 0 radical (unpaired) electrons. The Kier molecular flexibility index (Phi) is 9.10. The van der Waals surface area contributed by atoms with Crippen molar-refractivity contribution in [1.29, 1.82) is 16.2 Å². The monoisotopic (exact) mass is 825 g/mol. The second-order valence-electron chi connectivity index (χ2n) is 11.9. The zero-order chi connectivity index (χ0) is 40.9. The summed E-state index contributed by atoms with van der Waals surface area (Å²) in [5.74, 6) is -3.81. The van der Waals surface area contributed by atoms with Crippen molar-refractivity contribution in [3.63, 3.8) is 0 Å². The molecule has 7 aromatic rings. The number of phenolic OH excluding ortho intramolecular Hbond substituents is 3. The van der Waals surface area contributed by atoms with Crippen molar-refractivity contribution in [2.24, 2.45) is 0 Å². The third-order valence-electron chi connectivity index (χ3n) is 8.52.